The fraction of sp³-hybridized carbons (Fsp3) is 0.312. The molecule has 0 radical (unpaired) electrons. The van der Waals surface area contributed by atoms with Gasteiger partial charge < -0.3 is 10.6 Å². The number of hydrogen-bond acceptors (Lipinski definition) is 4. The largest absolute Gasteiger partial charge is 0.368 e. The molecule has 120 valence electrons. The van der Waals surface area contributed by atoms with E-state index in [4.69, 9.17) is 5.73 Å². The Kier molecular flexibility index (Phi) is 4.12. The summed E-state index contributed by atoms with van der Waals surface area (Å²) in [5.74, 6) is -1.25. The highest BCUT2D eigenvalue weighted by Gasteiger charge is 2.36. The molecule has 0 spiro atoms. The average molecular weight is 333 g/mol. The van der Waals surface area contributed by atoms with Gasteiger partial charge in [-0.2, -0.15) is 0 Å². The van der Waals surface area contributed by atoms with Crippen LogP contribution in [0.2, 0.25) is 0 Å². The highest BCUT2D eigenvalue weighted by Crippen LogP contribution is 2.34. The summed E-state index contributed by atoms with van der Waals surface area (Å²) >= 11 is 1.33. The van der Waals surface area contributed by atoms with E-state index in [0.717, 1.165) is 12.8 Å². The Hall–Kier alpha value is -2.28. The molecule has 2 amide bonds. The smallest absolute Gasteiger partial charge is 0.274 e. The Labute approximate surface area is 136 Å². The number of halogens is 1. The number of hydrogen-bond donors (Lipinski definition) is 1. The number of nitrogens with two attached hydrogens (primary N) is 1. The molecule has 0 unspecified atom stereocenters. The fourth-order valence-corrected chi connectivity index (χ4v) is 3.36. The molecule has 1 aromatic heterocycles. The highest BCUT2D eigenvalue weighted by atomic mass is 32.1. The minimum atomic E-state index is -0.551. The number of nitrogens with zero attached hydrogens (tertiary/aromatic N) is 2. The average Bonchev–Trinajstić information content (AvgIpc) is 3.26. The normalized spacial score (nSPS) is 13.8. The molecular weight excluding hydrogens is 317 g/mol. The van der Waals surface area contributed by atoms with Crippen LogP contribution < -0.4 is 5.73 Å². The van der Waals surface area contributed by atoms with Gasteiger partial charge in [-0.1, -0.05) is 12.1 Å². The van der Waals surface area contributed by atoms with E-state index in [2.05, 4.69) is 4.98 Å². The molecule has 3 rings (SSSR count). The maximum atomic E-state index is 13.5. The van der Waals surface area contributed by atoms with Crippen molar-refractivity contribution in [2.75, 3.05) is 6.54 Å². The van der Waals surface area contributed by atoms with Gasteiger partial charge in [0.05, 0.1) is 16.4 Å². The molecule has 0 atom stereocenters. The van der Waals surface area contributed by atoms with Crippen LogP contribution in [0, 0.1) is 12.7 Å². The van der Waals surface area contributed by atoms with Crippen molar-refractivity contribution in [1.29, 1.82) is 0 Å². The van der Waals surface area contributed by atoms with Gasteiger partial charge in [-0.15, -0.1) is 11.3 Å². The van der Waals surface area contributed by atoms with E-state index in [1.165, 1.54) is 28.4 Å². The molecule has 0 saturated heterocycles. The molecule has 2 N–H and O–H groups in total. The van der Waals surface area contributed by atoms with Crippen molar-refractivity contribution in [3.8, 4) is 10.4 Å². The molecule has 7 heteroatoms. The molecule has 0 bridgehead atoms. The van der Waals surface area contributed by atoms with Crippen LogP contribution in [0.15, 0.2) is 24.3 Å². The Morgan fingerprint density at radius 2 is 2.17 bits per heavy atom. The predicted octanol–water partition coefficient (Wildman–Crippen LogP) is 2.35. The molecule has 2 aromatic rings. The second kappa shape index (κ2) is 6.08. The topological polar surface area (TPSA) is 76.3 Å². The number of rotatable bonds is 5. The van der Waals surface area contributed by atoms with Gasteiger partial charge in [0.15, 0.2) is 0 Å². The van der Waals surface area contributed by atoms with E-state index in [0.29, 0.717) is 15.4 Å². The minimum Gasteiger partial charge on any atom is -0.368 e. The Morgan fingerprint density at radius 1 is 1.43 bits per heavy atom. The molecule has 1 fully saturated rings. The van der Waals surface area contributed by atoms with Gasteiger partial charge in [-0.25, -0.2) is 9.37 Å². The molecule has 1 saturated carbocycles. The zero-order valence-electron chi connectivity index (χ0n) is 12.6. The van der Waals surface area contributed by atoms with E-state index in [9.17, 15) is 14.0 Å². The number of thiazole rings is 1. The van der Waals surface area contributed by atoms with Gasteiger partial charge in [0.25, 0.3) is 5.91 Å². The van der Waals surface area contributed by atoms with Crippen LogP contribution in [0.3, 0.4) is 0 Å². The summed E-state index contributed by atoms with van der Waals surface area (Å²) in [5, 5.41) is 0.711. The standard InChI is InChI=1S/C16H16FN3O2S/c1-9-19-14(15(23-9)10-3-2-4-11(17)7-10)16(22)20(8-13(18)21)12-5-6-12/h2-4,7,12H,5-6,8H2,1H3,(H2,18,21). The molecule has 0 aliphatic heterocycles. The number of primary amides is 1. The molecule has 5 nitrogen and oxygen atoms in total. The van der Waals surface area contributed by atoms with E-state index < -0.39 is 5.91 Å². The number of benzene rings is 1. The van der Waals surface area contributed by atoms with Gasteiger partial charge in [-0.05, 0) is 37.5 Å². The van der Waals surface area contributed by atoms with Crippen molar-refractivity contribution in [2.45, 2.75) is 25.8 Å². The minimum absolute atomic E-state index is 0.0392. The number of carbonyl (C=O) groups is 2. The summed E-state index contributed by atoms with van der Waals surface area (Å²) in [5.41, 5.74) is 6.11. The number of aromatic nitrogens is 1. The summed E-state index contributed by atoms with van der Waals surface area (Å²) in [6.45, 7) is 1.67. The van der Waals surface area contributed by atoms with Gasteiger partial charge in [0.2, 0.25) is 5.91 Å². The first-order valence-corrected chi connectivity index (χ1v) is 8.10. The van der Waals surface area contributed by atoms with Crippen molar-refractivity contribution in [3.63, 3.8) is 0 Å². The van der Waals surface area contributed by atoms with Crippen LogP contribution >= 0.6 is 11.3 Å². The zero-order valence-corrected chi connectivity index (χ0v) is 13.4. The SMILES string of the molecule is Cc1nc(C(=O)N(CC(N)=O)C2CC2)c(-c2cccc(F)c2)s1. The van der Waals surface area contributed by atoms with Gasteiger partial charge >= 0.3 is 0 Å². The van der Waals surface area contributed by atoms with E-state index in [-0.39, 0.29) is 30.0 Å². The summed E-state index contributed by atoms with van der Waals surface area (Å²) in [4.78, 5) is 30.5. The van der Waals surface area contributed by atoms with Gasteiger partial charge in [-0.3, -0.25) is 9.59 Å². The third-order valence-corrected chi connectivity index (χ3v) is 4.62. The van der Waals surface area contributed by atoms with E-state index in [1.54, 1.807) is 19.1 Å². The lowest BCUT2D eigenvalue weighted by molar-refractivity contribution is -0.118. The van der Waals surface area contributed by atoms with Crippen LogP contribution in [-0.2, 0) is 4.79 Å². The van der Waals surface area contributed by atoms with Crippen molar-refractivity contribution in [1.82, 2.24) is 9.88 Å². The molecule has 1 aliphatic carbocycles. The second-order valence-electron chi connectivity index (χ2n) is 5.55. The quantitative estimate of drug-likeness (QED) is 0.912. The molecule has 1 aliphatic rings. The maximum absolute atomic E-state index is 13.5. The molecule has 23 heavy (non-hydrogen) atoms. The Morgan fingerprint density at radius 3 is 2.78 bits per heavy atom. The van der Waals surface area contributed by atoms with Crippen LogP contribution in [0.1, 0.15) is 28.3 Å². The summed E-state index contributed by atoms with van der Waals surface area (Å²) in [7, 11) is 0. The van der Waals surface area contributed by atoms with E-state index >= 15 is 0 Å². The number of aryl methyl sites for hydroxylation is 1. The first-order valence-electron chi connectivity index (χ1n) is 7.28. The zero-order chi connectivity index (χ0) is 16.6. The first kappa shape index (κ1) is 15.6. The number of carbonyl (C=O) groups excluding carboxylic acids is 2. The molecule has 1 heterocycles. The lowest BCUT2D eigenvalue weighted by atomic mass is 10.1. The monoisotopic (exact) mass is 333 g/mol. The summed E-state index contributed by atoms with van der Waals surface area (Å²) < 4.78 is 13.5. The van der Waals surface area contributed by atoms with Crippen molar-refractivity contribution < 1.29 is 14.0 Å². The Bertz CT molecular complexity index is 770. The molecular formula is C16H16FN3O2S. The fourth-order valence-electron chi connectivity index (χ4n) is 2.45. The van der Waals surface area contributed by atoms with Crippen LogP contribution in [0.5, 0.6) is 0 Å². The summed E-state index contributed by atoms with van der Waals surface area (Å²) in [6, 6.07) is 6.09. The van der Waals surface area contributed by atoms with Crippen molar-refractivity contribution in [3.05, 3.63) is 40.8 Å². The highest BCUT2D eigenvalue weighted by molar-refractivity contribution is 7.15. The lowest BCUT2D eigenvalue weighted by Crippen LogP contribution is -2.40. The van der Waals surface area contributed by atoms with E-state index in [1.807, 2.05) is 0 Å². The third kappa shape index (κ3) is 3.39. The Balaban J connectivity index is 1.99. The number of amides is 2. The van der Waals surface area contributed by atoms with Gasteiger partial charge in [0, 0.05) is 6.04 Å². The van der Waals surface area contributed by atoms with Crippen molar-refractivity contribution in [2.24, 2.45) is 5.73 Å². The third-order valence-electron chi connectivity index (χ3n) is 3.60. The van der Waals surface area contributed by atoms with Gasteiger partial charge in [0.1, 0.15) is 11.5 Å². The maximum Gasteiger partial charge on any atom is 0.274 e. The first-order chi connectivity index (χ1) is 11.0. The summed E-state index contributed by atoms with van der Waals surface area (Å²) in [6.07, 6.45) is 1.72. The molecule has 1 aromatic carbocycles. The second-order valence-corrected chi connectivity index (χ2v) is 6.75. The predicted molar refractivity (Wildman–Crippen MR) is 85.5 cm³/mol. The lowest BCUT2D eigenvalue weighted by Gasteiger charge is -2.20. The van der Waals surface area contributed by atoms with Crippen LogP contribution in [0.25, 0.3) is 10.4 Å². The van der Waals surface area contributed by atoms with Crippen molar-refractivity contribution >= 4 is 23.2 Å². The van der Waals surface area contributed by atoms with Crippen LogP contribution in [0.4, 0.5) is 4.39 Å². The van der Waals surface area contributed by atoms with Crippen LogP contribution in [-0.4, -0.2) is 34.3 Å².